The molecule has 0 radical (unpaired) electrons. The largest absolute Gasteiger partial charge is 0.317 e. The Kier molecular flexibility index (Phi) is 7.51. The van der Waals surface area contributed by atoms with Crippen LogP contribution in [-0.4, -0.2) is 22.4 Å². The standard InChI is InChI=1S/C20H28N2O2/c1-6-7-8-9-10-14-18(23)22(20(3,4)5)21-19(24)17-13-11-12-16(2)15-17/h11-13,15H,6-9H2,1-5H3,(H,21,24). The van der Waals surface area contributed by atoms with E-state index < -0.39 is 5.54 Å². The third-order valence-corrected chi connectivity index (χ3v) is 3.47. The van der Waals surface area contributed by atoms with Gasteiger partial charge in [0.2, 0.25) is 0 Å². The molecule has 0 saturated heterocycles. The summed E-state index contributed by atoms with van der Waals surface area (Å²) in [4.78, 5) is 24.8. The van der Waals surface area contributed by atoms with E-state index in [9.17, 15) is 9.59 Å². The predicted octanol–water partition coefficient (Wildman–Crippen LogP) is 3.85. The molecule has 1 rings (SSSR count). The summed E-state index contributed by atoms with van der Waals surface area (Å²) in [6.07, 6.45) is 3.91. The molecule has 0 atom stereocenters. The minimum atomic E-state index is -0.561. The van der Waals surface area contributed by atoms with E-state index in [1.807, 2.05) is 39.8 Å². The molecule has 1 aromatic rings. The Bertz CT molecular complexity index is 633. The summed E-state index contributed by atoms with van der Waals surface area (Å²) in [5.41, 5.74) is 3.65. The fourth-order valence-electron chi connectivity index (χ4n) is 2.13. The van der Waals surface area contributed by atoms with Crippen molar-refractivity contribution in [2.24, 2.45) is 0 Å². The average molecular weight is 328 g/mol. The van der Waals surface area contributed by atoms with Crippen molar-refractivity contribution in [2.45, 2.75) is 65.8 Å². The number of benzene rings is 1. The van der Waals surface area contributed by atoms with Crippen LogP contribution in [0, 0.1) is 18.8 Å². The molecular weight excluding hydrogens is 300 g/mol. The maximum Gasteiger partial charge on any atom is 0.317 e. The predicted molar refractivity (Wildman–Crippen MR) is 97.2 cm³/mol. The van der Waals surface area contributed by atoms with E-state index in [0.29, 0.717) is 12.0 Å². The molecule has 2 amide bonds. The molecule has 0 fully saturated rings. The quantitative estimate of drug-likeness (QED) is 0.518. The normalized spacial score (nSPS) is 10.5. The molecule has 0 aliphatic heterocycles. The summed E-state index contributed by atoms with van der Waals surface area (Å²) in [6.45, 7) is 9.63. The second-order valence-electron chi connectivity index (χ2n) is 6.88. The number of carbonyl (C=O) groups is 2. The number of unbranched alkanes of at least 4 members (excludes halogenated alkanes) is 3. The van der Waals surface area contributed by atoms with Gasteiger partial charge in [-0.05, 0) is 52.2 Å². The molecule has 4 heteroatoms. The Morgan fingerprint density at radius 3 is 2.50 bits per heavy atom. The van der Waals surface area contributed by atoms with Crippen LogP contribution in [0.4, 0.5) is 0 Å². The maximum absolute atomic E-state index is 12.4. The highest BCUT2D eigenvalue weighted by atomic mass is 16.2. The molecule has 0 unspecified atom stereocenters. The van der Waals surface area contributed by atoms with Crippen LogP contribution in [-0.2, 0) is 4.79 Å². The van der Waals surface area contributed by atoms with E-state index in [0.717, 1.165) is 24.8 Å². The van der Waals surface area contributed by atoms with E-state index in [4.69, 9.17) is 0 Å². The number of nitrogens with zero attached hydrogens (tertiary/aromatic N) is 1. The van der Waals surface area contributed by atoms with Gasteiger partial charge in [0, 0.05) is 12.0 Å². The van der Waals surface area contributed by atoms with Gasteiger partial charge in [0.15, 0.2) is 0 Å². The zero-order valence-electron chi connectivity index (χ0n) is 15.4. The molecule has 0 aromatic heterocycles. The van der Waals surface area contributed by atoms with Gasteiger partial charge in [0.05, 0.1) is 5.54 Å². The van der Waals surface area contributed by atoms with Gasteiger partial charge >= 0.3 is 5.91 Å². The Labute approximate surface area is 145 Å². The summed E-state index contributed by atoms with van der Waals surface area (Å²) in [5.74, 6) is 4.84. The first-order valence-electron chi connectivity index (χ1n) is 8.46. The molecule has 24 heavy (non-hydrogen) atoms. The van der Waals surface area contributed by atoms with Crippen LogP contribution in [0.25, 0.3) is 0 Å². The number of hydrazine groups is 1. The highest BCUT2D eigenvalue weighted by Crippen LogP contribution is 2.12. The van der Waals surface area contributed by atoms with Crippen molar-refractivity contribution in [1.29, 1.82) is 0 Å². The summed E-state index contributed by atoms with van der Waals surface area (Å²) in [5, 5.41) is 1.31. The van der Waals surface area contributed by atoms with Crippen molar-refractivity contribution in [2.75, 3.05) is 0 Å². The lowest BCUT2D eigenvalue weighted by atomic mass is 10.1. The lowest BCUT2D eigenvalue weighted by molar-refractivity contribution is -0.132. The number of carbonyl (C=O) groups excluding carboxylic acids is 2. The zero-order valence-corrected chi connectivity index (χ0v) is 15.4. The Hall–Kier alpha value is -2.28. The summed E-state index contributed by atoms with van der Waals surface area (Å²) < 4.78 is 0. The first kappa shape index (κ1) is 19.8. The molecule has 1 aromatic carbocycles. The molecule has 0 spiro atoms. The molecule has 0 heterocycles. The highest BCUT2D eigenvalue weighted by molar-refractivity contribution is 5.99. The van der Waals surface area contributed by atoms with Crippen molar-refractivity contribution in [3.8, 4) is 11.8 Å². The SMILES string of the molecule is CCCCCC#CC(=O)N(NC(=O)c1cccc(C)c1)C(C)(C)C. The van der Waals surface area contributed by atoms with Crippen LogP contribution in [0.5, 0.6) is 0 Å². The van der Waals surface area contributed by atoms with E-state index in [1.165, 1.54) is 5.01 Å². The van der Waals surface area contributed by atoms with Gasteiger partial charge in [-0.25, -0.2) is 5.01 Å². The maximum atomic E-state index is 12.4. The number of rotatable bonds is 4. The minimum Gasteiger partial charge on any atom is -0.267 e. The van der Waals surface area contributed by atoms with Crippen molar-refractivity contribution in [1.82, 2.24) is 10.4 Å². The van der Waals surface area contributed by atoms with E-state index in [2.05, 4.69) is 24.2 Å². The number of amides is 2. The Balaban J connectivity index is 2.82. The monoisotopic (exact) mass is 328 g/mol. The zero-order chi connectivity index (χ0) is 18.2. The smallest absolute Gasteiger partial charge is 0.267 e. The van der Waals surface area contributed by atoms with Gasteiger partial charge in [-0.15, -0.1) is 0 Å². The molecule has 0 saturated carbocycles. The minimum absolute atomic E-state index is 0.310. The number of hydrogen-bond acceptors (Lipinski definition) is 2. The number of nitrogens with one attached hydrogen (secondary N) is 1. The molecule has 4 nitrogen and oxygen atoms in total. The molecule has 0 bridgehead atoms. The van der Waals surface area contributed by atoms with Gasteiger partial charge in [0.1, 0.15) is 0 Å². The lowest BCUT2D eigenvalue weighted by Gasteiger charge is -2.33. The Morgan fingerprint density at radius 1 is 1.21 bits per heavy atom. The van der Waals surface area contributed by atoms with E-state index in [1.54, 1.807) is 12.1 Å². The first-order chi connectivity index (χ1) is 11.3. The van der Waals surface area contributed by atoms with Gasteiger partial charge in [-0.3, -0.25) is 15.0 Å². The van der Waals surface area contributed by atoms with Gasteiger partial charge in [0.25, 0.3) is 5.91 Å². The summed E-state index contributed by atoms with van der Waals surface area (Å²) in [7, 11) is 0. The van der Waals surface area contributed by atoms with E-state index >= 15 is 0 Å². The highest BCUT2D eigenvalue weighted by Gasteiger charge is 2.27. The summed E-state index contributed by atoms with van der Waals surface area (Å²) >= 11 is 0. The van der Waals surface area contributed by atoms with Gasteiger partial charge in [-0.2, -0.15) is 0 Å². The average Bonchev–Trinajstić information content (AvgIpc) is 2.50. The molecule has 1 N–H and O–H groups in total. The van der Waals surface area contributed by atoms with Crippen molar-refractivity contribution in [3.05, 3.63) is 35.4 Å². The summed E-state index contributed by atoms with van der Waals surface area (Å²) in [6, 6.07) is 7.26. The molecule has 0 aliphatic rings. The van der Waals surface area contributed by atoms with Gasteiger partial charge < -0.3 is 0 Å². The van der Waals surface area contributed by atoms with Crippen LogP contribution < -0.4 is 5.43 Å². The second kappa shape index (κ2) is 9.12. The first-order valence-corrected chi connectivity index (χ1v) is 8.46. The van der Waals surface area contributed by atoms with Gasteiger partial charge in [-0.1, -0.05) is 43.4 Å². The van der Waals surface area contributed by atoms with Crippen LogP contribution >= 0.6 is 0 Å². The van der Waals surface area contributed by atoms with Crippen LogP contribution in [0.1, 0.15) is 69.3 Å². The molecule has 130 valence electrons. The molecule has 0 aliphatic carbocycles. The number of hydrogen-bond donors (Lipinski definition) is 1. The fraction of sp³-hybridized carbons (Fsp3) is 0.500. The van der Waals surface area contributed by atoms with Crippen LogP contribution in [0.15, 0.2) is 24.3 Å². The third kappa shape index (κ3) is 6.45. The van der Waals surface area contributed by atoms with Crippen molar-refractivity contribution in [3.63, 3.8) is 0 Å². The topological polar surface area (TPSA) is 49.4 Å². The second-order valence-corrected chi connectivity index (χ2v) is 6.88. The third-order valence-electron chi connectivity index (χ3n) is 3.47. The fourth-order valence-corrected chi connectivity index (χ4v) is 2.13. The van der Waals surface area contributed by atoms with Crippen LogP contribution in [0.3, 0.4) is 0 Å². The van der Waals surface area contributed by atoms with Crippen molar-refractivity contribution >= 4 is 11.8 Å². The number of aryl methyl sites for hydroxylation is 1. The Morgan fingerprint density at radius 2 is 1.92 bits per heavy atom. The van der Waals surface area contributed by atoms with E-state index in [-0.39, 0.29) is 11.8 Å². The van der Waals surface area contributed by atoms with Crippen molar-refractivity contribution < 1.29 is 9.59 Å². The lowest BCUT2D eigenvalue weighted by Crippen LogP contribution is -2.55. The van der Waals surface area contributed by atoms with Crippen LogP contribution in [0.2, 0.25) is 0 Å². The molecular formula is C20H28N2O2.